The summed E-state index contributed by atoms with van der Waals surface area (Å²) in [4.78, 5) is 12.0. The van der Waals surface area contributed by atoms with Gasteiger partial charge in [0.25, 0.3) is 5.91 Å². The normalized spacial score (nSPS) is 10.2. The number of nitrogen functional groups attached to an aromatic ring is 1. The zero-order chi connectivity index (χ0) is 13.8. The quantitative estimate of drug-likeness (QED) is 0.851. The number of benzene rings is 2. The number of carbonyl (C=O) groups is 1. The summed E-state index contributed by atoms with van der Waals surface area (Å²) in [6.07, 6.45) is 0. The molecule has 3 nitrogen and oxygen atoms in total. The number of anilines is 1. The highest BCUT2D eigenvalue weighted by Gasteiger charge is 2.10. The van der Waals surface area contributed by atoms with Gasteiger partial charge in [-0.3, -0.25) is 4.79 Å². The monoisotopic (exact) mass is 294 g/mol. The SMILES string of the molecule is Nc1ccc(CNC(=O)c2ccc(Cl)cc2Cl)cc1. The van der Waals surface area contributed by atoms with E-state index >= 15 is 0 Å². The third-order valence-corrected chi connectivity index (χ3v) is 3.16. The minimum absolute atomic E-state index is 0.238. The zero-order valence-corrected chi connectivity index (χ0v) is 11.5. The molecule has 0 unspecified atom stereocenters. The van der Waals surface area contributed by atoms with Gasteiger partial charge in [-0.1, -0.05) is 35.3 Å². The molecular weight excluding hydrogens is 283 g/mol. The lowest BCUT2D eigenvalue weighted by atomic mass is 10.2. The average molecular weight is 295 g/mol. The van der Waals surface area contributed by atoms with Crippen LogP contribution in [-0.4, -0.2) is 5.91 Å². The number of hydrogen-bond acceptors (Lipinski definition) is 2. The van der Waals surface area contributed by atoms with Gasteiger partial charge in [-0.25, -0.2) is 0 Å². The summed E-state index contributed by atoms with van der Waals surface area (Å²) in [5.74, 6) is -0.238. The molecule has 0 spiro atoms. The van der Waals surface area contributed by atoms with Crippen LogP contribution in [-0.2, 0) is 6.54 Å². The topological polar surface area (TPSA) is 55.1 Å². The fourth-order valence-electron chi connectivity index (χ4n) is 1.59. The van der Waals surface area contributed by atoms with E-state index in [1.54, 1.807) is 30.3 Å². The van der Waals surface area contributed by atoms with Gasteiger partial charge in [0.2, 0.25) is 0 Å². The van der Waals surface area contributed by atoms with Crippen molar-refractivity contribution in [2.75, 3.05) is 5.73 Å². The van der Waals surface area contributed by atoms with Gasteiger partial charge in [0, 0.05) is 17.3 Å². The molecule has 5 heteroatoms. The van der Waals surface area contributed by atoms with Gasteiger partial charge in [-0.05, 0) is 35.9 Å². The predicted molar refractivity (Wildman–Crippen MR) is 78.5 cm³/mol. The van der Waals surface area contributed by atoms with E-state index in [2.05, 4.69) is 5.32 Å². The molecule has 0 fully saturated rings. The maximum Gasteiger partial charge on any atom is 0.253 e. The van der Waals surface area contributed by atoms with Gasteiger partial charge in [0.15, 0.2) is 0 Å². The molecule has 2 aromatic carbocycles. The Bertz CT molecular complexity index is 597. The summed E-state index contributed by atoms with van der Waals surface area (Å²) < 4.78 is 0. The van der Waals surface area contributed by atoms with Gasteiger partial charge in [0.05, 0.1) is 10.6 Å². The number of carbonyl (C=O) groups excluding carboxylic acids is 1. The number of nitrogens with two attached hydrogens (primary N) is 1. The Morgan fingerprint density at radius 2 is 1.79 bits per heavy atom. The van der Waals surface area contributed by atoms with E-state index in [-0.39, 0.29) is 5.91 Å². The fraction of sp³-hybridized carbons (Fsp3) is 0.0714. The summed E-state index contributed by atoms with van der Waals surface area (Å²) in [7, 11) is 0. The van der Waals surface area contributed by atoms with E-state index in [0.717, 1.165) is 5.56 Å². The molecule has 0 saturated carbocycles. The van der Waals surface area contributed by atoms with Crippen molar-refractivity contribution in [2.24, 2.45) is 0 Å². The van der Waals surface area contributed by atoms with Crippen LogP contribution >= 0.6 is 23.2 Å². The van der Waals surface area contributed by atoms with E-state index in [0.29, 0.717) is 27.8 Å². The molecule has 98 valence electrons. The lowest BCUT2D eigenvalue weighted by Gasteiger charge is -2.07. The molecule has 0 bridgehead atoms. The van der Waals surface area contributed by atoms with Crippen molar-refractivity contribution < 1.29 is 4.79 Å². The van der Waals surface area contributed by atoms with Gasteiger partial charge in [0.1, 0.15) is 0 Å². The molecule has 0 aromatic heterocycles. The summed E-state index contributed by atoms with van der Waals surface area (Å²) in [6, 6.07) is 12.1. The third kappa shape index (κ3) is 3.63. The largest absolute Gasteiger partial charge is 0.399 e. The molecule has 2 rings (SSSR count). The second-order valence-electron chi connectivity index (χ2n) is 4.05. The maximum atomic E-state index is 12.0. The minimum Gasteiger partial charge on any atom is -0.399 e. The van der Waals surface area contributed by atoms with Gasteiger partial charge in [-0.2, -0.15) is 0 Å². The molecule has 0 aliphatic carbocycles. The molecular formula is C14H12Cl2N2O. The molecule has 0 atom stereocenters. The van der Waals surface area contributed by atoms with Crippen molar-refractivity contribution in [3.05, 3.63) is 63.6 Å². The Morgan fingerprint density at radius 3 is 2.42 bits per heavy atom. The number of halogens is 2. The minimum atomic E-state index is -0.238. The molecule has 0 aliphatic heterocycles. The van der Waals surface area contributed by atoms with E-state index < -0.39 is 0 Å². The van der Waals surface area contributed by atoms with Crippen LogP contribution in [0.2, 0.25) is 10.0 Å². The third-order valence-electron chi connectivity index (χ3n) is 2.61. The van der Waals surface area contributed by atoms with E-state index in [4.69, 9.17) is 28.9 Å². The fourth-order valence-corrected chi connectivity index (χ4v) is 2.08. The van der Waals surface area contributed by atoms with Crippen molar-refractivity contribution in [1.29, 1.82) is 0 Å². The van der Waals surface area contributed by atoms with E-state index in [1.807, 2.05) is 12.1 Å². The zero-order valence-electron chi connectivity index (χ0n) is 9.99. The van der Waals surface area contributed by atoms with Gasteiger partial charge in [-0.15, -0.1) is 0 Å². The van der Waals surface area contributed by atoms with Crippen molar-refractivity contribution in [3.63, 3.8) is 0 Å². The molecule has 2 aromatic rings. The Kier molecular flexibility index (Phi) is 4.30. The van der Waals surface area contributed by atoms with Crippen LogP contribution in [0.3, 0.4) is 0 Å². The Labute approximate surface area is 121 Å². The summed E-state index contributed by atoms with van der Waals surface area (Å²) >= 11 is 11.7. The average Bonchev–Trinajstić information content (AvgIpc) is 2.37. The second-order valence-corrected chi connectivity index (χ2v) is 4.89. The Balaban J connectivity index is 2.03. The molecule has 0 saturated heterocycles. The highest BCUT2D eigenvalue weighted by molar-refractivity contribution is 6.36. The van der Waals surface area contributed by atoms with Crippen LogP contribution in [0.1, 0.15) is 15.9 Å². The van der Waals surface area contributed by atoms with Crippen LogP contribution in [0.5, 0.6) is 0 Å². The van der Waals surface area contributed by atoms with E-state index in [1.165, 1.54) is 0 Å². The summed E-state index contributed by atoms with van der Waals surface area (Å²) in [6.45, 7) is 0.415. The number of rotatable bonds is 3. The number of nitrogens with one attached hydrogen (secondary N) is 1. The van der Waals surface area contributed by atoms with E-state index in [9.17, 15) is 4.79 Å². The summed E-state index contributed by atoms with van der Waals surface area (Å²) in [5.41, 5.74) is 7.65. The molecule has 19 heavy (non-hydrogen) atoms. The van der Waals surface area contributed by atoms with Crippen LogP contribution in [0, 0.1) is 0 Å². The smallest absolute Gasteiger partial charge is 0.253 e. The predicted octanol–water partition coefficient (Wildman–Crippen LogP) is 3.51. The molecule has 3 N–H and O–H groups in total. The van der Waals surface area contributed by atoms with Crippen molar-refractivity contribution >= 4 is 34.8 Å². The van der Waals surface area contributed by atoms with Crippen molar-refractivity contribution in [1.82, 2.24) is 5.32 Å². The molecule has 1 amide bonds. The highest BCUT2D eigenvalue weighted by atomic mass is 35.5. The highest BCUT2D eigenvalue weighted by Crippen LogP contribution is 2.20. The first kappa shape index (κ1) is 13.7. The number of hydrogen-bond donors (Lipinski definition) is 2. The standard InChI is InChI=1S/C14H12Cl2N2O/c15-10-3-6-12(13(16)7-10)14(19)18-8-9-1-4-11(17)5-2-9/h1-7H,8,17H2,(H,18,19). The maximum absolute atomic E-state index is 12.0. The molecule has 0 heterocycles. The first-order valence-corrected chi connectivity index (χ1v) is 6.39. The van der Waals surface area contributed by atoms with Crippen LogP contribution in [0.15, 0.2) is 42.5 Å². The lowest BCUT2D eigenvalue weighted by molar-refractivity contribution is 0.0951. The van der Waals surface area contributed by atoms with Crippen molar-refractivity contribution in [2.45, 2.75) is 6.54 Å². The van der Waals surface area contributed by atoms with Gasteiger partial charge < -0.3 is 11.1 Å². The Hall–Kier alpha value is -1.71. The lowest BCUT2D eigenvalue weighted by Crippen LogP contribution is -2.23. The molecule has 0 aliphatic rings. The number of amides is 1. The Morgan fingerprint density at radius 1 is 1.11 bits per heavy atom. The first-order valence-electron chi connectivity index (χ1n) is 5.64. The van der Waals surface area contributed by atoms with Gasteiger partial charge >= 0.3 is 0 Å². The van der Waals surface area contributed by atoms with Crippen LogP contribution in [0.4, 0.5) is 5.69 Å². The van der Waals surface area contributed by atoms with Crippen LogP contribution in [0.25, 0.3) is 0 Å². The molecule has 0 radical (unpaired) electrons. The van der Waals surface area contributed by atoms with Crippen molar-refractivity contribution in [3.8, 4) is 0 Å². The second kappa shape index (κ2) is 5.95. The first-order chi connectivity index (χ1) is 9.06. The summed E-state index contributed by atoms with van der Waals surface area (Å²) in [5, 5.41) is 3.62. The van der Waals surface area contributed by atoms with Crippen LogP contribution < -0.4 is 11.1 Å².